The number of likely N-dealkylation sites (tertiary alicyclic amines) is 1. The van der Waals surface area contributed by atoms with Gasteiger partial charge in [-0.25, -0.2) is 0 Å². The molecular formula is C25H25Cl2N3O4. The molecule has 2 heterocycles. The van der Waals surface area contributed by atoms with Crippen LogP contribution < -0.4 is 10.6 Å². The van der Waals surface area contributed by atoms with Gasteiger partial charge in [-0.3, -0.25) is 14.4 Å². The quantitative estimate of drug-likeness (QED) is 0.529. The van der Waals surface area contributed by atoms with E-state index in [-0.39, 0.29) is 37.9 Å². The van der Waals surface area contributed by atoms with E-state index in [0.29, 0.717) is 26.9 Å². The SMILES string of the molecule is C=C(C)C1N(CC(=O)NCCO)C(=O)CC(c2cccc(Cl)c2)C12C(=O)Nc1cc(Cl)ccc12. The number of piperidine rings is 1. The van der Waals surface area contributed by atoms with Gasteiger partial charge in [0.2, 0.25) is 17.7 Å². The van der Waals surface area contributed by atoms with Gasteiger partial charge >= 0.3 is 0 Å². The maximum atomic E-state index is 13.9. The van der Waals surface area contributed by atoms with Crippen molar-refractivity contribution in [2.24, 2.45) is 0 Å². The fourth-order valence-corrected chi connectivity index (χ4v) is 5.69. The molecular weight excluding hydrogens is 477 g/mol. The molecule has 7 nitrogen and oxygen atoms in total. The first kappa shape index (κ1) is 24.3. The number of benzene rings is 2. The Kier molecular flexibility index (Phi) is 6.71. The number of carbonyl (C=O) groups excluding carboxylic acids is 3. The minimum absolute atomic E-state index is 0.00705. The summed E-state index contributed by atoms with van der Waals surface area (Å²) in [7, 11) is 0. The fraction of sp³-hybridized carbons (Fsp3) is 0.320. The van der Waals surface area contributed by atoms with Crippen molar-refractivity contribution in [1.82, 2.24) is 10.2 Å². The molecule has 34 heavy (non-hydrogen) atoms. The average molecular weight is 502 g/mol. The molecule has 2 aromatic rings. The van der Waals surface area contributed by atoms with Crippen LogP contribution in [0, 0.1) is 0 Å². The molecule has 1 saturated heterocycles. The molecule has 4 rings (SSSR count). The van der Waals surface area contributed by atoms with Crippen LogP contribution in [0.15, 0.2) is 54.6 Å². The van der Waals surface area contributed by atoms with Crippen molar-refractivity contribution in [1.29, 1.82) is 0 Å². The van der Waals surface area contributed by atoms with E-state index < -0.39 is 23.3 Å². The zero-order valence-corrected chi connectivity index (χ0v) is 20.1. The molecule has 1 spiro atoms. The fourth-order valence-electron chi connectivity index (χ4n) is 5.32. The van der Waals surface area contributed by atoms with Crippen LogP contribution >= 0.6 is 23.2 Å². The van der Waals surface area contributed by atoms with E-state index in [4.69, 9.17) is 28.3 Å². The molecule has 0 aliphatic carbocycles. The summed E-state index contributed by atoms with van der Waals surface area (Å²) in [5, 5.41) is 15.5. The number of nitrogens with one attached hydrogen (secondary N) is 2. The number of halogens is 2. The van der Waals surface area contributed by atoms with Crippen LogP contribution in [0.25, 0.3) is 0 Å². The van der Waals surface area contributed by atoms with Gasteiger partial charge in [0, 0.05) is 34.6 Å². The second-order valence-electron chi connectivity index (χ2n) is 8.67. The Labute approximate surface area is 207 Å². The number of carbonyl (C=O) groups is 3. The van der Waals surface area contributed by atoms with Gasteiger partial charge in [0.05, 0.1) is 12.6 Å². The predicted molar refractivity (Wildman–Crippen MR) is 131 cm³/mol. The van der Waals surface area contributed by atoms with Gasteiger partial charge in [0.1, 0.15) is 12.0 Å². The summed E-state index contributed by atoms with van der Waals surface area (Å²) in [5.74, 6) is -1.56. The van der Waals surface area contributed by atoms with Crippen molar-refractivity contribution in [3.8, 4) is 0 Å². The number of hydrogen-bond acceptors (Lipinski definition) is 4. The Morgan fingerprint density at radius 2 is 1.97 bits per heavy atom. The summed E-state index contributed by atoms with van der Waals surface area (Å²) in [5.41, 5.74) is 1.31. The minimum atomic E-state index is -1.25. The van der Waals surface area contributed by atoms with Gasteiger partial charge in [-0.2, -0.15) is 0 Å². The highest BCUT2D eigenvalue weighted by Crippen LogP contribution is 2.56. The molecule has 9 heteroatoms. The second-order valence-corrected chi connectivity index (χ2v) is 9.54. The van der Waals surface area contributed by atoms with E-state index in [1.165, 1.54) is 4.90 Å². The third-order valence-electron chi connectivity index (χ3n) is 6.51. The third-order valence-corrected chi connectivity index (χ3v) is 6.98. The summed E-state index contributed by atoms with van der Waals surface area (Å²) < 4.78 is 0. The van der Waals surface area contributed by atoms with Crippen LogP contribution in [0.4, 0.5) is 5.69 Å². The molecule has 3 amide bonds. The van der Waals surface area contributed by atoms with Gasteiger partial charge in [-0.15, -0.1) is 0 Å². The van der Waals surface area contributed by atoms with Gasteiger partial charge in [-0.1, -0.05) is 53.6 Å². The van der Waals surface area contributed by atoms with Crippen molar-refractivity contribution in [2.45, 2.75) is 30.7 Å². The second kappa shape index (κ2) is 9.41. The van der Waals surface area contributed by atoms with Crippen LogP contribution in [0.1, 0.15) is 30.4 Å². The van der Waals surface area contributed by atoms with E-state index in [2.05, 4.69) is 17.2 Å². The third kappa shape index (κ3) is 3.98. The molecule has 178 valence electrons. The molecule has 0 saturated carbocycles. The number of fused-ring (bicyclic) bond motifs is 2. The standard InChI is InChI=1S/C25H25Cl2N3O4/c1-14(2)23-25(18-7-6-17(27)11-20(18)29-24(25)34)19(15-4-3-5-16(26)10-15)12-22(33)30(23)13-21(32)28-8-9-31/h3-7,10-11,19,23,31H,1,8-9,12-13H2,2H3,(H,28,32)(H,29,34). The highest BCUT2D eigenvalue weighted by molar-refractivity contribution is 6.31. The zero-order chi connectivity index (χ0) is 24.6. The summed E-state index contributed by atoms with van der Waals surface area (Å²) in [6, 6.07) is 11.5. The van der Waals surface area contributed by atoms with Crippen molar-refractivity contribution in [3.63, 3.8) is 0 Å². The first-order valence-electron chi connectivity index (χ1n) is 10.9. The van der Waals surface area contributed by atoms with E-state index in [9.17, 15) is 14.4 Å². The maximum Gasteiger partial charge on any atom is 0.239 e. The van der Waals surface area contributed by atoms with Crippen molar-refractivity contribution in [3.05, 3.63) is 75.8 Å². The lowest BCUT2D eigenvalue weighted by Crippen LogP contribution is -2.64. The summed E-state index contributed by atoms with van der Waals surface area (Å²) in [4.78, 5) is 41.4. The molecule has 0 radical (unpaired) electrons. The number of rotatable bonds is 6. The first-order valence-corrected chi connectivity index (χ1v) is 11.6. The Bertz CT molecular complexity index is 1180. The molecule has 3 N–H and O–H groups in total. The van der Waals surface area contributed by atoms with Gasteiger partial charge in [-0.05, 0) is 42.3 Å². The average Bonchev–Trinajstić information content (AvgIpc) is 3.05. The first-order chi connectivity index (χ1) is 16.2. The van der Waals surface area contributed by atoms with Crippen molar-refractivity contribution < 1.29 is 19.5 Å². The number of anilines is 1. The van der Waals surface area contributed by atoms with E-state index in [1.807, 2.05) is 6.07 Å². The van der Waals surface area contributed by atoms with E-state index >= 15 is 0 Å². The highest BCUT2D eigenvalue weighted by atomic mass is 35.5. The monoisotopic (exact) mass is 501 g/mol. The molecule has 3 atom stereocenters. The molecule has 1 fully saturated rings. The highest BCUT2D eigenvalue weighted by Gasteiger charge is 2.63. The minimum Gasteiger partial charge on any atom is -0.395 e. The summed E-state index contributed by atoms with van der Waals surface area (Å²) >= 11 is 12.5. The van der Waals surface area contributed by atoms with E-state index in [0.717, 1.165) is 5.56 Å². The van der Waals surface area contributed by atoms with Crippen LogP contribution in [0.2, 0.25) is 10.0 Å². The summed E-state index contributed by atoms with van der Waals surface area (Å²) in [6.07, 6.45) is -0.00705. The predicted octanol–water partition coefficient (Wildman–Crippen LogP) is 3.25. The largest absolute Gasteiger partial charge is 0.395 e. The van der Waals surface area contributed by atoms with Crippen LogP contribution in [0.5, 0.6) is 0 Å². The topological polar surface area (TPSA) is 98.7 Å². The Morgan fingerprint density at radius 1 is 1.24 bits per heavy atom. The van der Waals surface area contributed by atoms with Crippen LogP contribution in [-0.2, 0) is 19.8 Å². The Morgan fingerprint density at radius 3 is 2.65 bits per heavy atom. The van der Waals surface area contributed by atoms with Gasteiger partial charge < -0.3 is 20.6 Å². The Hall–Kier alpha value is -2.87. The lowest BCUT2D eigenvalue weighted by Gasteiger charge is -2.51. The normalized spacial score (nSPS) is 23.6. The molecule has 2 aromatic carbocycles. The molecule has 0 bridgehead atoms. The van der Waals surface area contributed by atoms with Crippen LogP contribution in [0.3, 0.4) is 0 Å². The molecule has 2 aliphatic heterocycles. The van der Waals surface area contributed by atoms with E-state index in [1.54, 1.807) is 43.3 Å². The Balaban J connectivity index is 1.93. The van der Waals surface area contributed by atoms with Crippen molar-refractivity contribution in [2.75, 3.05) is 25.0 Å². The molecule has 3 unspecified atom stereocenters. The van der Waals surface area contributed by atoms with Gasteiger partial charge in [0.15, 0.2) is 0 Å². The summed E-state index contributed by atoms with van der Waals surface area (Å²) in [6.45, 7) is 5.45. The maximum absolute atomic E-state index is 13.9. The number of hydrogen-bond donors (Lipinski definition) is 3. The number of aliphatic hydroxyl groups is 1. The van der Waals surface area contributed by atoms with Crippen molar-refractivity contribution >= 4 is 46.6 Å². The molecule has 2 aliphatic rings. The molecule has 0 aromatic heterocycles. The van der Waals surface area contributed by atoms with Crippen LogP contribution in [-0.4, -0.2) is 53.5 Å². The number of amides is 3. The number of nitrogens with zero attached hydrogens (tertiary/aromatic N) is 1. The smallest absolute Gasteiger partial charge is 0.239 e. The number of aliphatic hydroxyl groups excluding tert-OH is 1. The lowest BCUT2D eigenvalue weighted by atomic mass is 9.58. The van der Waals surface area contributed by atoms with Gasteiger partial charge in [0.25, 0.3) is 0 Å². The zero-order valence-electron chi connectivity index (χ0n) is 18.6. The lowest BCUT2D eigenvalue weighted by molar-refractivity contribution is -0.147.